The molecule has 0 saturated heterocycles. The van der Waals surface area contributed by atoms with E-state index in [-0.39, 0.29) is 5.78 Å². The van der Waals surface area contributed by atoms with Crippen LogP contribution in [0.15, 0.2) is 99.6 Å². The van der Waals surface area contributed by atoms with Crippen molar-refractivity contribution < 1.29 is 9.21 Å². The van der Waals surface area contributed by atoms with Crippen LogP contribution < -0.4 is 0 Å². The molecular formula is C21H14N2O2. The van der Waals surface area contributed by atoms with Gasteiger partial charge in [-0.25, -0.2) is 0 Å². The van der Waals surface area contributed by atoms with Crippen LogP contribution in [0.5, 0.6) is 0 Å². The first-order valence-corrected chi connectivity index (χ1v) is 7.90. The van der Waals surface area contributed by atoms with E-state index in [0.29, 0.717) is 22.6 Å². The molecule has 0 aliphatic rings. The maximum absolute atomic E-state index is 12.5. The first-order valence-electron chi connectivity index (χ1n) is 7.90. The molecule has 1 heterocycles. The van der Waals surface area contributed by atoms with Gasteiger partial charge < -0.3 is 4.42 Å². The molecule has 0 radical (unpaired) electrons. The van der Waals surface area contributed by atoms with Gasteiger partial charge in [-0.3, -0.25) is 4.79 Å². The summed E-state index contributed by atoms with van der Waals surface area (Å²) in [6.07, 6.45) is 0. The number of rotatable bonds is 4. The molecule has 0 atom stereocenters. The van der Waals surface area contributed by atoms with Gasteiger partial charge in [0.05, 0.1) is 11.4 Å². The fourth-order valence-corrected chi connectivity index (χ4v) is 2.55. The van der Waals surface area contributed by atoms with E-state index < -0.39 is 0 Å². The van der Waals surface area contributed by atoms with Crippen LogP contribution >= 0.6 is 0 Å². The van der Waals surface area contributed by atoms with E-state index in [1.54, 1.807) is 24.3 Å². The Kier molecular flexibility index (Phi) is 3.92. The molecule has 0 aliphatic heterocycles. The second-order valence-electron chi connectivity index (χ2n) is 5.56. The van der Waals surface area contributed by atoms with Crippen molar-refractivity contribution in [3.63, 3.8) is 0 Å². The molecule has 4 aromatic rings. The van der Waals surface area contributed by atoms with Gasteiger partial charge in [-0.05, 0) is 36.4 Å². The van der Waals surface area contributed by atoms with Crippen LogP contribution in [0.25, 0.3) is 11.0 Å². The molecule has 0 spiro atoms. The van der Waals surface area contributed by atoms with Crippen molar-refractivity contribution in [3.8, 4) is 0 Å². The molecule has 4 nitrogen and oxygen atoms in total. The maximum Gasteiger partial charge on any atom is 0.228 e. The summed E-state index contributed by atoms with van der Waals surface area (Å²) in [6, 6.07) is 25.8. The normalized spacial score (nSPS) is 11.2. The van der Waals surface area contributed by atoms with Crippen molar-refractivity contribution in [2.75, 3.05) is 0 Å². The van der Waals surface area contributed by atoms with Crippen LogP contribution in [-0.2, 0) is 0 Å². The van der Waals surface area contributed by atoms with Crippen molar-refractivity contribution in [2.24, 2.45) is 10.2 Å². The van der Waals surface area contributed by atoms with Crippen LogP contribution in [0.3, 0.4) is 0 Å². The number of ketones is 1. The topological polar surface area (TPSA) is 54.9 Å². The summed E-state index contributed by atoms with van der Waals surface area (Å²) in [5.41, 5.74) is 2.74. The summed E-state index contributed by atoms with van der Waals surface area (Å²) in [7, 11) is 0. The fourth-order valence-electron chi connectivity index (χ4n) is 2.55. The van der Waals surface area contributed by atoms with E-state index in [4.69, 9.17) is 4.42 Å². The Morgan fingerprint density at radius 3 is 2.16 bits per heavy atom. The number of hydrogen-bond donors (Lipinski definition) is 0. The quantitative estimate of drug-likeness (QED) is 0.337. The van der Waals surface area contributed by atoms with E-state index in [1.807, 2.05) is 60.7 Å². The minimum atomic E-state index is -0.135. The molecule has 3 aromatic carbocycles. The molecule has 0 aliphatic carbocycles. The van der Waals surface area contributed by atoms with Gasteiger partial charge >= 0.3 is 0 Å². The highest BCUT2D eigenvalue weighted by Gasteiger charge is 2.14. The first-order chi connectivity index (χ1) is 12.3. The Bertz CT molecular complexity index is 1050. The molecule has 4 rings (SSSR count). The van der Waals surface area contributed by atoms with Crippen molar-refractivity contribution in [1.82, 2.24) is 0 Å². The molecule has 1 aromatic heterocycles. The first kappa shape index (κ1) is 15.0. The minimum absolute atomic E-state index is 0.135. The Morgan fingerprint density at radius 2 is 1.40 bits per heavy atom. The predicted molar refractivity (Wildman–Crippen MR) is 96.7 cm³/mol. The molecule has 0 fully saturated rings. The standard InChI is InChI=1S/C21H14N2O2/c24-21(15-7-3-1-4-8-15)20-14-16-13-18(11-12-19(16)25-20)23-22-17-9-5-2-6-10-17/h1-14H. The van der Waals surface area contributed by atoms with Crippen LogP contribution in [0.1, 0.15) is 16.1 Å². The van der Waals surface area contributed by atoms with Gasteiger partial charge in [0.1, 0.15) is 5.58 Å². The summed E-state index contributed by atoms with van der Waals surface area (Å²) in [5, 5.41) is 9.26. The number of fused-ring (bicyclic) bond motifs is 1. The molecule has 4 heteroatoms. The number of benzene rings is 3. The monoisotopic (exact) mass is 326 g/mol. The summed E-state index contributed by atoms with van der Waals surface area (Å²) >= 11 is 0. The second-order valence-corrected chi connectivity index (χ2v) is 5.56. The number of carbonyl (C=O) groups excluding carboxylic acids is 1. The lowest BCUT2D eigenvalue weighted by Gasteiger charge is -1.95. The Labute approximate surface area is 144 Å². The zero-order valence-corrected chi connectivity index (χ0v) is 13.3. The molecule has 0 bridgehead atoms. The molecule has 0 saturated carbocycles. The summed E-state index contributed by atoms with van der Waals surface area (Å²) in [4.78, 5) is 12.5. The predicted octanol–water partition coefficient (Wildman–Crippen LogP) is 6.08. The van der Waals surface area contributed by atoms with Crippen LogP contribution in [0, 0.1) is 0 Å². The maximum atomic E-state index is 12.5. The Morgan fingerprint density at radius 1 is 0.720 bits per heavy atom. The minimum Gasteiger partial charge on any atom is -0.453 e. The molecule has 120 valence electrons. The molecule has 0 amide bonds. The lowest BCUT2D eigenvalue weighted by atomic mass is 10.1. The molecule has 25 heavy (non-hydrogen) atoms. The molecular weight excluding hydrogens is 312 g/mol. The lowest BCUT2D eigenvalue weighted by molar-refractivity contribution is 0.101. The van der Waals surface area contributed by atoms with Crippen LogP contribution in [-0.4, -0.2) is 5.78 Å². The Balaban J connectivity index is 1.63. The van der Waals surface area contributed by atoms with E-state index in [0.717, 1.165) is 11.1 Å². The zero-order valence-electron chi connectivity index (χ0n) is 13.3. The summed E-state index contributed by atoms with van der Waals surface area (Å²) in [6.45, 7) is 0. The SMILES string of the molecule is O=C(c1ccccc1)c1cc2cc(N=Nc3ccccc3)ccc2o1. The van der Waals surface area contributed by atoms with Gasteiger partial charge in [0.2, 0.25) is 5.78 Å². The highest BCUT2D eigenvalue weighted by atomic mass is 16.3. The van der Waals surface area contributed by atoms with Crippen molar-refractivity contribution in [3.05, 3.63) is 96.3 Å². The van der Waals surface area contributed by atoms with Gasteiger partial charge in [-0.2, -0.15) is 10.2 Å². The average molecular weight is 326 g/mol. The number of furan rings is 1. The second kappa shape index (κ2) is 6.53. The van der Waals surface area contributed by atoms with Crippen LogP contribution in [0.2, 0.25) is 0 Å². The number of nitrogens with zero attached hydrogens (tertiary/aromatic N) is 2. The van der Waals surface area contributed by atoms with E-state index in [1.165, 1.54) is 0 Å². The smallest absolute Gasteiger partial charge is 0.228 e. The highest BCUT2D eigenvalue weighted by molar-refractivity contribution is 6.09. The van der Waals surface area contributed by atoms with Crippen LogP contribution in [0.4, 0.5) is 11.4 Å². The number of azo groups is 1. The largest absolute Gasteiger partial charge is 0.453 e. The van der Waals surface area contributed by atoms with Gasteiger partial charge in [0, 0.05) is 10.9 Å². The third kappa shape index (κ3) is 3.23. The van der Waals surface area contributed by atoms with Crippen molar-refractivity contribution >= 4 is 28.1 Å². The van der Waals surface area contributed by atoms with E-state index >= 15 is 0 Å². The fraction of sp³-hybridized carbons (Fsp3) is 0. The summed E-state index contributed by atoms with van der Waals surface area (Å²) < 4.78 is 5.68. The lowest BCUT2D eigenvalue weighted by Crippen LogP contribution is -1.98. The zero-order chi connectivity index (χ0) is 17.1. The van der Waals surface area contributed by atoms with Crippen molar-refractivity contribution in [1.29, 1.82) is 0 Å². The van der Waals surface area contributed by atoms with E-state index in [2.05, 4.69) is 10.2 Å². The number of carbonyl (C=O) groups is 1. The van der Waals surface area contributed by atoms with Gasteiger partial charge in [-0.1, -0.05) is 48.5 Å². The third-order valence-electron chi connectivity index (χ3n) is 3.80. The summed E-state index contributed by atoms with van der Waals surface area (Å²) in [5.74, 6) is 0.183. The molecule has 0 unspecified atom stereocenters. The highest BCUT2D eigenvalue weighted by Crippen LogP contribution is 2.27. The third-order valence-corrected chi connectivity index (χ3v) is 3.80. The number of hydrogen-bond acceptors (Lipinski definition) is 4. The van der Waals surface area contributed by atoms with Gasteiger partial charge in [0.25, 0.3) is 0 Å². The van der Waals surface area contributed by atoms with Gasteiger partial charge in [0.15, 0.2) is 5.76 Å². The Hall–Kier alpha value is -3.53. The molecule has 0 N–H and O–H groups in total. The van der Waals surface area contributed by atoms with Crippen molar-refractivity contribution in [2.45, 2.75) is 0 Å². The average Bonchev–Trinajstić information content (AvgIpc) is 3.10. The van der Waals surface area contributed by atoms with Gasteiger partial charge in [-0.15, -0.1) is 0 Å². The van der Waals surface area contributed by atoms with E-state index in [9.17, 15) is 4.79 Å².